The number of hydrogen-bond acceptors (Lipinski definition) is 5. The third kappa shape index (κ3) is 2.42. The van der Waals surface area contributed by atoms with Gasteiger partial charge in [-0.25, -0.2) is 4.98 Å². The molecule has 5 nitrogen and oxygen atoms in total. The van der Waals surface area contributed by atoms with Gasteiger partial charge in [0.1, 0.15) is 11.1 Å². The van der Waals surface area contributed by atoms with Gasteiger partial charge in [0.2, 0.25) is 0 Å². The highest BCUT2D eigenvalue weighted by Gasteiger charge is 2.38. The zero-order valence-electron chi connectivity index (χ0n) is 9.56. The zero-order chi connectivity index (χ0) is 12.2. The van der Waals surface area contributed by atoms with Gasteiger partial charge in [-0.1, -0.05) is 0 Å². The van der Waals surface area contributed by atoms with Crippen molar-refractivity contribution in [2.24, 2.45) is 5.41 Å². The molecule has 0 aliphatic carbocycles. The van der Waals surface area contributed by atoms with E-state index in [0.29, 0.717) is 0 Å². The third-order valence-electron chi connectivity index (χ3n) is 2.15. The number of rotatable bonds is 4. The summed E-state index contributed by atoms with van der Waals surface area (Å²) in [6.45, 7) is 4.97. The fraction of sp³-hybridized carbons (Fsp3) is 0.455. The molecule has 0 saturated heterocycles. The lowest BCUT2D eigenvalue weighted by atomic mass is 9.86. The lowest BCUT2D eigenvalue weighted by molar-refractivity contribution is -0.150. The molecule has 1 rings (SSSR count). The standard InChI is InChI=1S/C11H14N2O3/c1-4-16-10(15)11(2,3)9(14)8-7-12-5-6-13-8/h5-7H,4H2,1-3H3. The third-order valence-corrected chi connectivity index (χ3v) is 2.15. The van der Waals surface area contributed by atoms with Crippen molar-refractivity contribution in [3.63, 3.8) is 0 Å². The molecular formula is C11H14N2O3. The fourth-order valence-electron chi connectivity index (χ4n) is 1.14. The lowest BCUT2D eigenvalue weighted by Crippen LogP contribution is -2.35. The van der Waals surface area contributed by atoms with Crippen molar-refractivity contribution in [3.8, 4) is 0 Å². The van der Waals surface area contributed by atoms with Crippen LogP contribution >= 0.6 is 0 Å². The first-order valence-electron chi connectivity index (χ1n) is 4.98. The van der Waals surface area contributed by atoms with Crippen molar-refractivity contribution in [3.05, 3.63) is 24.3 Å². The highest BCUT2D eigenvalue weighted by atomic mass is 16.5. The Hall–Kier alpha value is -1.78. The quantitative estimate of drug-likeness (QED) is 0.435. The van der Waals surface area contributed by atoms with Gasteiger partial charge in [0, 0.05) is 12.4 Å². The van der Waals surface area contributed by atoms with Crippen LogP contribution in [0, 0.1) is 5.41 Å². The minimum atomic E-state index is -1.23. The van der Waals surface area contributed by atoms with Crippen molar-refractivity contribution < 1.29 is 14.3 Å². The Balaban J connectivity index is 2.92. The molecule has 0 aliphatic heterocycles. The largest absolute Gasteiger partial charge is 0.465 e. The number of ether oxygens (including phenoxy) is 1. The normalized spacial score (nSPS) is 10.9. The Bertz CT molecular complexity index is 387. The molecule has 1 heterocycles. The molecule has 0 fully saturated rings. The van der Waals surface area contributed by atoms with Gasteiger partial charge in [0.25, 0.3) is 0 Å². The molecule has 1 aromatic rings. The van der Waals surface area contributed by atoms with Gasteiger partial charge in [-0.3, -0.25) is 14.6 Å². The summed E-state index contributed by atoms with van der Waals surface area (Å²) in [5, 5.41) is 0. The summed E-state index contributed by atoms with van der Waals surface area (Å²) in [5.41, 5.74) is -1.06. The fourth-order valence-corrected chi connectivity index (χ4v) is 1.14. The van der Waals surface area contributed by atoms with Gasteiger partial charge >= 0.3 is 5.97 Å². The molecule has 0 unspecified atom stereocenters. The van der Waals surface area contributed by atoms with E-state index in [1.54, 1.807) is 6.92 Å². The summed E-state index contributed by atoms with van der Waals surface area (Å²) >= 11 is 0. The monoisotopic (exact) mass is 222 g/mol. The molecule has 0 atom stereocenters. The van der Waals surface area contributed by atoms with Crippen LogP contribution in [0.25, 0.3) is 0 Å². The Morgan fingerprint density at radius 2 is 2.06 bits per heavy atom. The first kappa shape index (κ1) is 12.3. The second-order valence-electron chi connectivity index (χ2n) is 3.77. The van der Waals surface area contributed by atoms with Crippen molar-refractivity contribution in [2.45, 2.75) is 20.8 Å². The van der Waals surface area contributed by atoms with Crippen molar-refractivity contribution in [2.75, 3.05) is 6.61 Å². The summed E-state index contributed by atoms with van der Waals surface area (Å²) in [4.78, 5) is 31.2. The molecule has 0 N–H and O–H groups in total. The first-order chi connectivity index (χ1) is 7.50. The van der Waals surface area contributed by atoms with E-state index >= 15 is 0 Å². The smallest absolute Gasteiger partial charge is 0.319 e. The van der Waals surface area contributed by atoms with Crippen molar-refractivity contribution in [1.29, 1.82) is 0 Å². The molecule has 0 aliphatic rings. The zero-order valence-corrected chi connectivity index (χ0v) is 9.56. The highest BCUT2D eigenvalue weighted by molar-refractivity contribution is 6.10. The predicted octanol–water partition coefficient (Wildman–Crippen LogP) is 1.25. The van der Waals surface area contributed by atoms with Gasteiger partial charge in [0.05, 0.1) is 12.8 Å². The molecule has 0 spiro atoms. The minimum Gasteiger partial charge on any atom is -0.465 e. The van der Waals surface area contributed by atoms with Gasteiger partial charge in [-0.2, -0.15) is 0 Å². The minimum absolute atomic E-state index is 0.167. The molecule has 16 heavy (non-hydrogen) atoms. The van der Waals surface area contributed by atoms with E-state index in [2.05, 4.69) is 9.97 Å². The summed E-state index contributed by atoms with van der Waals surface area (Å²) in [7, 11) is 0. The van der Waals surface area contributed by atoms with Crippen LogP contribution in [0.1, 0.15) is 31.3 Å². The maximum absolute atomic E-state index is 12.0. The topological polar surface area (TPSA) is 69.2 Å². The van der Waals surface area contributed by atoms with E-state index < -0.39 is 11.4 Å². The van der Waals surface area contributed by atoms with Crippen LogP contribution in [0.5, 0.6) is 0 Å². The average Bonchev–Trinajstić information content (AvgIpc) is 2.29. The number of carbonyl (C=O) groups excluding carboxylic acids is 2. The van der Waals surface area contributed by atoms with E-state index in [4.69, 9.17) is 4.74 Å². The number of hydrogen-bond donors (Lipinski definition) is 0. The molecule has 0 bridgehead atoms. The highest BCUT2D eigenvalue weighted by Crippen LogP contribution is 2.22. The Labute approximate surface area is 93.9 Å². The van der Waals surface area contributed by atoms with E-state index in [9.17, 15) is 9.59 Å². The predicted molar refractivity (Wildman–Crippen MR) is 56.8 cm³/mol. The number of carbonyl (C=O) groups is 2. The van der Waals surface area contributed by atoms with Crippen molar-refractivity contribution in [1.82, 2.24) is 9.97 Å². The molecule has 0 aromatic carbocycles. The average molecular weight is 222 g/mol. The Kier molecular flexibility index (Phi) is 3.71. The molecule has 0 radical (unpaired) electrons. The summed E-state index contributed by atoms with van der Waals surface area (Å²) < 4.78 is 4.84. The SMILES string of the molecule is CCOC(=O)C(C)(C)C(=O)c1cnccn1. The Morgan fingerprint density at radius 1 is 1.38 bits per heavy atom. The molecular weight excluding hydrogens is 208 g/mol. The maximum Gasteiger partial charge on any atom is 0.319 e. The molecule has 5 heteroatoms. The van der Waals surface area contributed by atoms with Crippen LogP contribution in [0.15, 0.2) is 18.6 Å². The van der Waals surface area contributed by atoms with Crippen LogP contribution in [0.4, 0.5) is 0 Å². The molecule has 0 amide bonds. The van der Waals surface area contributed by atoms with Crippen LogP contribution in [0.2, 0.25) is 0 Å². The van der Waals surface area contributed by atoms with Crippen LogP contribution in [-0.4, -0.2) is 28.3 Å². The van der Waals surface area contributed by atoms with Crippen molar-refractivity contribution >= 4 is 11.8 Å². The van der Waals surface area contributed by atoms with Gasteiger partial charge < -0.3 is 4.74 Å². The van der Waals surface area contributed by atoms with E-state index in [1.807, 2.05) is 0 Å². The number of ketones is 1. The number of esters is 1. The first-order valence-corrected chi connectivity index (χ1v) is 4.98. The lowest BCUT2D eigenvalue weighted by Gasteiger charge is -2.19. The van der Waals surface area contributed by atoms with Gasteiger partial charge in [0.15, 0.2) is 5.78 Å². The molecule has 86 valence electrons. The Morgan fingerprint density at radius 3 is 2.56 bits per heavy atom. The second-order valence-corrected chi connectivity index (χ2v) is 3.77. The van der Waals surface area contributed by atoms with E-state index in [-0.39, 0.29) is 18.1 Å². The number of aromatic nitrogens is 2. The number of nitrogens with zero attached hydrogens (tertiary/aromatic N) is 2. The molecule has 0 saturated carbocycles. The van der Waals surface area contributed by atoms with Crippen LogP contribution < -0.4 is 0 Å². The van der Waals surface area contributed by atoms with Crippen LogP contribution in [0.3, 0.4) is 0 Å². The van der Waals surface area contributed by atoms with Gasteiger partial charge in [-0.15, -0.1) is 0 Å². The van der Waals surface area contributed by atoms with E-state index in [0.717, 1.165) is 0 Å². The summed E-state index contributed by atoms with van der Waals surface area (Å²) in [6.07, 6.45) is 4.21. The van der Waals surface area contributed by atoms with Gasteiger partial charge in [-0.05, 0) is 20.8 Å². The maximum atomic E-state index is 12.0. The summed E-state index contributed by atoms with van der Waals surface area (Å²) in [5.74, 6) is -0.940. The number of Topliss-reactive ketones (excluding diaryl/α,β-unsaturated/α-hetero) is 1. The van der Waals surface area contributed by atoms with E-state index in [1.165, 1.54) is 32.4 Å². The second kappa shape index (κ2) is 4.83. The van der Waals surface area contributed by atoms with Crippen LogP contribution in [-0.2, 0) is 9.53 Å². The molecule has 1 aromatic heterocycles. The summed E-state index contributed by atoms with van der Waals surface area (Å²) in [6, 6.07) is 0.